The molecule has 8 heteroatoms. The molecule has 3 N–H and O–H groups in total. The summed E-state index contributed by atoms with van der Waals surface area (Å²) in [7, 11) is 1.38. The SMILES string of the molecule is CO[C@H](/C=C/C(=O)O)[C@H](OC(=O)Nc1cccc2ccccc12)c1ccccc1OCCO. The molecule has 0 spiro atoms. The highest BCUT2D eigenvalue weighted by atomic mass is 16.6. The van der Waals surface area contributed by atoms with Gasteiger partial charge in [0.25, 0.3) is 0 Å². The summed E-state index contributed by atoms with van der Waals surface area (Å²) in [6.45, 7) is -0.164. The van der Waals surface area contributed by atoms with Crippen LogP contribution in [-0.4, -0.2) is 48.7 Å². The predicted octanol–water partition coefficient (Wildman–Crippen LogP) is 4.16. The van der Waals surface area contributed by atoms with Gasteiger partial charge in [-0.2, -0.15) is 0 Å². The first-order chi connectivity index (χ1) is 16.0. The van der Waals surface area contributed by atoms with Gasteiger partial charge in [0.1, 0.15) is 18.5 Å². The zero-order chi connectivity index (χ0) is 23.6. The van der Waals surface area contributed by atoms with Crippen molar-refractivity contribution in [3.05, 3.63) is 84.4 Å². The third-order valence-electron chi connectivity index (χ3n) is 4.83. The van der Waals surface area contributed by atoms with Crippen LogP contribution in [0.2, 0.25) is 0 Å². The van der Waals surface area contributed by atoms with Crippen molar-refractivity contribution in [2.24, 2.45) is 0 Å². The molecule has 0 aliphatic carbocycles. The first kappa shape index (κ1) is 23.8. The molecule has 172 valence electrons. The van der Waals surface area contributed by atoms with E-state index in [1.54, 1.807) is 30.3 Å². The molecule has 0 saturated carbocycles. The number of aliphatic hydroxyl groups excluding tert-OH is 1. The van der Waals surface area contributed by atoms with Gasteiger partial charge in [0.05, 0.1) is 12.3 Å². The second-order valence-electron chi connectivity index (χ2n) is 6.99. The number of benzene rings is 3. The molecular formula is C25H25NO7. The number of carbonyl (C=O) groups is 2. The number of carbonyl (C=O) groups excluding carboxylic acids is 1. The van der Waals surface area contributed by atoms with Crippen LogP contribution in [0.15, 0.2) is 78.9 Å². The zero-order valence-electron chi connectivity index (χ0n) is 18.0. The molecule has 0 aromatic heterocycles. The van der Waals surface area contributed by atoms with Crippen molar-refractivity contribution in [2.45, 2.75) is 12.2 Å². The fourth-order valence-electron chi connectivity index (χ4n) is 3.38. The summed E-state index contributed by atoms with van der Waals surface area (Å²) >= 11 is 0. The second kappa shape index (κ2) is 11.7. The summed E-state index contributed by atoms with van der Waals surface area (Å²) < 4.78 is 16.8. The molecule has 0 fully saturated rings. The Labute approximate surface area is 191 Å². The summed E-state index contributed by atoms with van der Waals surface area (Å²) in [6.07, 6.45) is -0.487. The molecule has 0 unspecified atom stereocenters. The van der Waals surface area contributed by atoms with Gasteiger partial charge in [0.2, 0.25) is 0 Å². The van der Waals surface area contributed by atoms with Crippen molar-refractivity contribution in [2.75, 3.05) is 25.6 Å². The number of carboxylic acids is 1. The number of nitrogens with one attached hydrogen (secondary N) is 1. The van der Waals surface area contributed by atoms with Crippen LogP contribution in [0.1, 0.15) is 11.7 Å². The van der Waals surface area contributed by atoms with E-state index in [1.807, 2.05) is 36.4 Å². The lowest BCUT2D eigenvalue weighted by Crippen LogP contribution is -2.27. The Morgan fingerprint density at radius 3 is 2.52 bits per heavy atom. The Kier molecular flexibility index (Phi) is 8.40. The van der Waals surface area contributed by atoms with E-state index in [9.17, 15) is 9.59 Å². The Balaban J connectivity index is 1.92. The van der Waals surface area contributed by atoms with Gasteiger partial charge < -0.3 is 24.4 Å². The number of anilines is 1. The highest BCUT2D eigenvalue weighted by Crippen LogP contribution is 2.33. The lowest BCUT2D eigenvalue weighted by molar-refractivity contribution is -0.131. The highest BCUT2D eigenvalue weighted by Gasteiger charge is 2.29. The number of fused-ring (bicyclic) bond motifs is 1. The summed E-state index contributed by atoms with van der Waals surface area (Å²) in [4.78, 5) is 24.0. The van der Waals surface area contributed by atoms with Gasteiger partial charge in [-0.15, -0.1) is 0 Å². The fraction of sp³-hybridized carbons (Fsp3) is 0.200. The van der Waals surface area contributed by atoms with Gasteiger partial charge in [0.15, 0.2) is 6.10 Å². The molecule has 3 rings (SSSR count). The Morgan fingerprint density at radius 2 is 1.76 bits per heavy atom. The quantitative estimate of drug-likeness (QED) is 0.397. The van der Waals surface area contributed by atoms with Crippen LogP contribution in [-0.2, 0) is 14.3 Å². The van der Waals surface area contributed by atoms with Crippen molar-refractivity contribution < 1.29 is 34.0 Å². The molecule has 0 bridgehead atoms. The van der Waals surface area contributed by atoms with Crippen LogP contribution < -0.4 is 10.1 Å². The lowest BCUT2D eigenvalue weighted by atomic mass is 10.0. The van der Waals surface area contributed by atoms with E-state index in [2.05, 4.69) is 5.32 Å². The number of para-hydroxylation sites is 1. The maximum Gasteiger partial charge on any atom is 0.412 e. The number of amides is 1. The fourth-order valence-corrected chi connectivity index (χ4v) is 3.38. The van der Waals surface area contributed by atoms with E-state index in [4.69, 9.17) is 24.4 Å². The van der Waals surface area contributed by atoms with E-state index < -0.39 is 24.3 Å². The molecule has 3 aromatic rings. The number of hydrogen-bond acceptors (Lipinski definition) is 6. The van der Waals surface area contributed by atoms with Gasteiger partial charge in [-0.3, -0.25) is 5.32 Å². The van der Waals surface area contributed by atoms with Crippen molar-refractivity contribution in [1.82, 2.24) is 0 Å². The molecule has 0 aliphatic heterocycles. The van der Waals surface area contributed by atoms with E-state index in [-0.39, 0.29) is 13.2 Å². The number of rotatable bonds is 10. The minimum absolute atomic E-state index is 0.0363. The average Bonchev–Trinajstić information content (AvgIpc) is 2.82. The molecule has 0 radical (unpaired) electrons. The van der Waals surface area contributed by atoms with Crippen LogP contribution >= 0.6 is 0 Å². The Hall–Kier alpha value is -3.88. The molecule has 8 nitrogen and oxygen atoms in total. The van der Waals surface area contributed by atoms with Crippen molar-refractivity contribution in [1.29, 1.82) is 0 Å². The summed E-state index contributed by atoms with van der Waals surface area (Å²) in [5, 5.41) is 22.7. The van der Waals surface area contributed by atoms with E-state index in [0.29, 0.717) is 17.0 Å². The van der Waals surface area contributed by atoms with Crippen molar-refractivity contribution in [3.8, 4) is 5.75 Å². The molecule has 1 amide bonds. The standard InChI is InChI=1S/C25H25NO7/c1-31-22(13-14-23(28)29)24(19-10-4-5-12-21(19)32-16-15-27)33-25(30)26-20-11-6-8-17-7-2-3-9-18(17)20/h2-14,22,24,27H,15-16H2,1H3,(H,26,30)(H,28,29)/b14-13+/t22-,24-/m1/s1. The number of aliphatic carboxylic acids is 1. The highest BCUT2D eigenvalue weighted by molar-refractivity contribution is 6.00. The maximum absolute atomic E-state index is 12.9. The number of carboxylic acid groups (broad SMARTS) is 1. The molecule has 33 heavy (non-hydrogen) atoms. The third-order valence-corrected chi connectivity index (χ3v) is 4.83. The summed E-state index contributed by atoms with van der Waals surface area (Å²) in [5.74, 6) is -0.791. The average molecular weight is 451 g/mol. The molecule has 0 aliphatic rings. The molecule has 2 atom stereocenters. The number of hydrogen-bond donors (Lipinski definition) is 3. The van der Waals surface area contributed by atoms with E-state index in [0.717, 1.165) is 16.8 Å². The maximum atomic E-state index is 12.9. The number of aliphatic hydroxyl groups is 1. The summed E-state index contributed by atoms with van der Waals surface area (Å²) in [6, 6.07) is 19.9. The topological polar surface area (TPSA) is 114 Å². The minimum Gasteiger partial charge on any atom is -0.491 e. The van der Waals surface area contributed by atoms with Gasteiger partial charge in [-0.25, -0.2) is 9.59 Å². The smallest absolute Gasteiger partial charge is 0.412 e. The van der Waals surface area contributed by atoms with Gasteiger partial charge in [-0.05, 0) is 23.6 Å². The van der Waals surface area contributed by atoms with Crippen LogP contribution in [0, 0.1) is 0 Å². The first-order valence-electron chi connectivity index (χ1n) is 10.3. The van der Waals surface area contributed by atoms with E-state index >= 15 is 0 Å². The van der Waals surface area contributed by atoms with Gasteiger partial charge in [0, 0.05) is 24.1 Å². The minimum atomic E-state index is -1.17. The van der Waals surface area contributed by atoms with Gasteiger partial charge >= 0.3 is 12.1 Å². The third kappa shape index (κ3) is 6.31. The number of ether oxygens (including phenoxy) is 3. The van der Waals surface area contributed by atoms with Crippen LogP contribution in [0.5, 0.6) is 5.75 Å². The van der Waals surface area contributed by atoms with Crippen LogP contribution in [0.4, 0.5) is 10.5 Å². The second-order valence-corrected chi connectivity index (χ2v) is 6.99. The van der Waals surface area contributed by atoms with Crippen LogP contribution in [0.25, 0.3) is 10.8 Å². The first-order valence-corrected chi connectivity index (χ1v) is 10.3. The van der Waals surface area contributed by atoms with Gasteiger partial charge in [-0.1, -0.05) is 54.6 Å². The molecular weight excluding hydrogens is 426 g/mol. The zero-order valence-corrected chi connectivity index (χ0v) is 18.0. The van der Waals surface area contributed by atoms with Crippen molar-refractivity contribution in [3.63, 3.8) is 0 Å². The monoisotopic (exact) mass is 451 g/mol. The Bertz CT molecular complexity index is 1120. The molecule has 0 saturated heterocycles. The lowest BCUT2D eigenvalue weighted by Gasteiger charge is -2.26. The molecule has 3 aromatic carbocycles. The van der Waals surface area contributed by atoms with Crippen molar-refractivity contribution >= 4 is 28.5 Å². The molecule has 0 heterocycles. The predicted molar refractivity (Wildman–Crippen MR) is 123 cm³/mol. The van der Waals surface area contributed by atoms with E-state index in [1.165, 1.54) is 13.2 Å². The number of methoxy groups -OCH3 is 1. The normalized spacial score (nSPS) is 12.9. The largest absolute Gasteiger partial charge is 0.491 e. The Morgan fingerprint density at radius 1 is 1.03 bits per heavy atom. The van der Waals surface area contributed by atoms with Crippen LogP contribution in [0.3, 0.4) is 0 Å². The summed E-state index contributed by atoms with van der Waals surface area (Å²) in [5.41, 5.74) is 1.03.